The Bertz CT molecular complexity index is 670. The number of hydrogen-bond donors (Lipinski definition) is 2. The van der Waals surface area contributed by atoms with Crippen molar-refractivity contribution in [3.63, 3.8) is 0 Å². The van der Waals surface area contributed by atoms with Gasteiger partial charge >= 0.3 is 0 Å². The van der Waals surface area contributed by atoms with Gasteiger partial charge in [-0.1, -0.05) is 11.6 Å². The van der Waals surface area contributed by atoms with Gasteiger partial charge in [-0.2, -0.15) is 0 Å². The number of nitrogens with one attached hydrogen (secondary N) is 1. The highest BCUT2D eigenvalue weighted by atomic mass is 35.5. The van der Waals surface area contributed by atoms with Crippen LogP contribution in [0.15, 0.2) is 30.3 Å². The van der Waals surface area contributed by atoms with Gasteiger partial charge in [-0.25, -0.2) is 0 Å². The monoisotopic (exact) mass is 320 g/mol. The molecule has 0 amide bonds. The molecule has 22 heavy (non-hydrogen) atoms. The summed E-state index contributed by atoms with van der Waals surface area (Å²) in [6.07, 6.45) is 0. The molecule has 3 nitrogen and oxygen atoms in total. The molecule has 2 rings (SSSR count). The van der Waals surface area contributed by atoms with Crippen molar-refractivity contribution in [3.05, 3.63) is 57.6 Å². The Morgan fingerprint density at radius 2 is 1.68 bits per heavy atom. The normalized spacial score (nSPS) is 12.2. The Morgan fingerprint density at radius 1 is 1.05 bits per heavy atom. The van der Waals surface area contributed by atoms with Crippen molar-refractivity contribution in [1.82, 2.24) is 0 Å². The van der Waals surface area contributed by atoms with Gasteiger partial charge in [-0.05, 0) is 55.3 Å². The first-order valence-corrected chi connectivity index (χ1v) is 7.71. The van der Waals surface area contributed by atoms with Gasteiger partial charge in [0, 0.05) is 16.1 Å². The van der Waals surface area contributed by atoms with Gasteiger partial charge in [0.2, 0.25) is 0 Å². The maximum absolute atomic E-state index is 10.1. The van der Waals surface area contributed by atoms with Crippen molar-refractivity contribution in [2.75, 3.05) is 14.2 Å². The summed E-state index contributed by atoms with van der Waals surface area (Å²) in [6, 6.07) is 9.54. The third kappa shape index (κ3) is 3.93. The minimum absolute atomic E-state index is 0.362. The molecular weight excluding hydrogens is 298 g/mol. The van der Waals surface area contributed by atoms with Gasteiger partial charge in [0.15, 0.2) is 0 Å². The van der Waals surface area contributed by atoms with E-state index in [0.29, 0.717) is 10.8 Å². The fourth-order valence-electron chi connectivity index (χ4n) is 2.60. The molecule has 0 radical (unpaired) electrons. The number of rotatable bonds is 5. The highest BCUT2D eigenvalue weighted by molar-refractivity contribution is 6.30. The van der Waals surface area contributed by atoms with Crippen molar-refractivity contribution < 1.29 is 14.7 Å². The Labute approximate surface area is 137 Å². The van der Waals surface area contributed by atoms with Crippen LogP contribution in [-0.4, -0.2) is 19.3 Å². The van der Waals surface area contributed by atoms with E-state index in [1.54, 1.807) is 7.11 Å². The molecule has 0 bridgehead atoms. The summed E-state index contributed by atoms with van der Waals surface area (Å²) < 4.78 is 5.39. The van der Waals surface area contributed by atoms with Crippen LogP contribution >= 0.6 is 11.6 Å². The molecule has 0 saturated carbocycles. The van der Waals surface area contributed by atoms with Crippen LogP contribution in [0.1, 0.15) is 22.3 Å². The number of ether oxygens (including phenoxy) is 1. The van der Waals surface area contributed by atoms with E-state index in [4.69, 9.17) is 16.3 Å². The molecule has 2 aromatic carbocycles. The van der Waals surface area contributed by atoms with Crippen molar-refractivity contribution >= 4 is 11.6 Å². The van der Waals surface area contributed by atoms with E-state index in [2.05, 4.69) is 20.0 Å². The van der Waals surface area contributed by atoms with E-state index < -0.39 is 0 Å². The average Bonchev–Trinajstić information content (AvgIpc) is 2.45. The van der Waals surface area contributed by atoms with Crippen molar-refractivity contribution in [1.29, 1.82) is 0 Å². The van der Waals surface area contributed by atoms with E-state index in [1.807, 2.05) is 31.2 Å². The predicted octanol–water partition coefficient (Wildman–Crippen LogP) is 2.89. The van der Waals surface area contributed by atoms with Crippen molar-refractivity contribution in [2.45, 2.75) is 26.9 Å². The maximum Gasteiger partial charge on any atom is 0.127 e. The summed E-state index contributed by atoms with van der Waals surface area (Å²) in [6.45, 7) is 5.58. The van der Waals surface area contributed by atoms with Crippen LogP contribution in [0.5, 0.6) is 11.5 Å². The highest BCUT2D eigenvalue weighted by Crippen LogP contribution is 2.23. The second-order valence-electron chi connectivity index (χ2n) is 5.83. The number of hydrogen-bond acceptors (Lipinski definition) is 2. The summed E-state index contributed by atoms with van der Waals surface area (Å²) in [5, 5.41) is 10.8. The Morgan fingerprint density at radius 3 is 2.36 bits per heavy atom. The highest BCUT2D eigenvalue weighted by Gasteiger charge is 2.13. The second-order valence-corrected chi connectivity index (χ2v) is 6.27. The molecule has 1 atom stereocenters. The molecule has 0 fully saturated rings. The maximum atomic E-state index is 10.1. The molecule has 2 N–H and O–H groups in total. The smallest absolute Gasteiger partial charge is 0.127 e. The van der Waals surface area contributed by atoms with Crippen molar-refractivity contribution in [3.8, 4) is 11.5 Å². The number of halogens is 1. The molecule has 0 saturated heterocycles. The molecule has 0 aliphatic heterocycles. The minimum atomic E-state index is 0.362. The van der Waals surface area contributed by atoms with Crippen LogP contribution in [0.25, 0.3) is 0 Å². The molecule has 0 aliphatic carbocycles. The molecule has 1 unspecified atom stereocenters. The van der Waals surface area contributed by atoms with E-state index in [0.717, 1.165) is 35.5 Å². The van der Waals surface area contributed by atoms with E-state index >= 15 is 0 Å². The van der Waals surface area contributed by atoms with Gasteiger partial charge < -0.3 is 14.7 Å². The lowest BCUT2D eigenvalue weighted by Gasteiger charge is -2.17. The first-order chi connectivity index (χ1) is 10.4. The minimum Gasteiger partial charge on any atom is -0.507 e. The Hall–Kier alpha value is -1.71. The van der Waals surface area contributed by atoms with Crippen molar-refractivity contribution in [2.24, 2.45) is 0 Å². The zero-order chi connectivity index (χ0) is 16.3. The third-order valence-corrected chi connectivity index (χ3v) is 4.16. The lowest BCUT2D eigenvalue weighted by Crippen LogP contribution is -3.06. The summed E-state index contributed by atoms with van der Waals surface area (Å²) in [4.78, 5) is 1.25. The molecule has 0 aromatic heterocycles. The number of quaternary nitrogens is 1. The zero-order valence-corrected chi connectivity index (χ0v) is 14.3. The topological polar surface area (TPSA) is 33.9 Å². The summed E-state index contributed by atoms with van der Waals surface area (Å²) >= 11 is 6.08. The molecule has 0 spiro atoms. The Balaban J connectivity index is 2.15. The molecule has 0 aliphatic rings. The quantitative estimate of drug-likeness (QED) is 0.888. The zero-order valence-electron chi connectivity index (χ0n) is 13.5. The largest absolute Gasteiger partial charge is 0.507 e. The SMILES string of the molecule is COc1ccc(Cl)cc1C[NH+](C)Cc1cc(C)c(C)cc1O. The fraction of sp³-hybridized carbons (Fsp3) is 0.333. The number of benzene rings is 2. The Kier molecular flexibility index (Phi) is 5.33. The lowest BCUT2D eigenvalue weighted by atomic mass is 10.0. The lowest BCUT2D eigenvalue weighted by molar-refractivity contribution is -0.907. The van der Waals surface area contributed by atoms with E-state index in [-0.39, 0.29) is 0 Å². The van der Waals surface area contributed by atoms with Crippen LogP contribution in [0, 0.1) is 13.8 Å². The first kappa shape index (κ1) is 16.7. The number of aromatic hydroxyl groups is 1. The molecule has 2 aromatic rings. The molecular formula is C18H23ClNO2+. The standard InChI is InChI=1S/C18H22ClNO2/c1-12-7-14(17(21)8-13(12)2)10-20(3)11-15-9-16(19)5-6-18(15)22-4/h5-9,21H,10-11H2,1-4H3/p+1. The van der Waals surface area contributed by atoms with Gasteiger partial charge in [0.25, 0.3) is 0 Å². The second kappa shape index (κ2) is 7.03. The van der Waals surface area contributed by atoms with Crippen LogP contribution in [0.2, 0.25) is 5.02 Å². The number of aryl methyl sites for hydroxylation is 2. The molecule has 118 valence electrons. The van der Waals surface area contributed by atoms with Gasteiger partial charge in [-0.15, -0.1) is 0 Å². The van der Waals surface area contributed by atoms with Crippen LogP contribution in [-0.2, 0) is 13.1 Å². The fourth-order valence-corrected chi connectivity index (χ4v) is 2.80. The predicted molar refractivity (Wildman–Crippen MR) is 89.9 cm³/mol. The van der Waals surface area contributed by atoms with Crippen LogP contribution < -0.4 is 9.64 Å². The van der Waals surface area contributed by atoms with Crippen LogP contribution in [0.4, 0.5) is 0 Å². The van der Waals surface area contributed by atoms with Gasteiger partial charge in [0.1, 0.15) is 24.6 Å². The number of phenols is 1. The van der Waals surface area contributed by atoms with E-state index in [1.165, 1.54) is 10.5 Å². The first-order valence-electron chi connectivity index (χ1n) is 7.33. The van der Waals surface area contributed by atoms with Gasteiger partial charge in [-0.3, -0.25) is 0 Å². The summed E-state index contributed by atoms with van der Waals surface area (Å²) in [7, 11) is 3.76. The van der Waals surface area contributed by atoms with Gasteiger partial charge in [0.05, 0.1) is 14.2 Å². The molecule has 4 heteroatoms. The third-order valence-electron chi connectivity index (χ3n) is 3.92. The number of phenolic OH excluding ortho intramolecular Hbond substituents is 1. The summed E-state index contributed by atoms with van der Waals surface area (Å²) in [5.41, 5.74) is 4.33. The molecule has 0 heterocycles. The summed E-state index contributed by atoms with van der Waals surface area (Å²) in [5.74, 6) is 1.20. The average molecular weight is 321 g/mol. The van der Waals surface area contributed by atoms with Crippen LogP contribution in [0.3, 0.4) is 0 Å². The number of methoxy groups -OCH3 is 1. The van der Waals surface area contributed by atoms with E-state index in [9.17, 15) is 5.11 Å².